The van der Waals surface area contributed by atoms with Gasteiger partial charge >= 0.3 is 0 Å². The first-order valence-electron chi connectivity index (χ1n) is 11.7. The van der Waals surface area contributed by atoms with Crippen LogP contribution in [0.3, 0.4) is 0 Å². The van der Waals surface area contributed by atoms with Crippen LogP contribution >= 0.6 is 23.4 Å². The number of hydrogen-bond donors (Lipinski definition) is 2. The van der Waals surface area contributed by atoms with E-state index in [1.807, 2.05) is 12.1 Å². The largest absolute Gasteiger partial charge is 0.497 e. The Kier molecular flexibility index (Phi) is 7.57. The number of thioether (sulfide) groups is 1. The van der Waals surface area contributed by atoms with Crippen LogP contribution in [-0.2, 0) is 17.8 Å². The van der Waals surface area contributed by atoms with Crippen LogP contribution in [-0.4, -0.2) is 65.5 Å². The summed E-state index contributed by atoms with van der Waals surface area (Å²) in [6.07, 6.45) is 1.60. The van der Waals surface area contributed by atoms with Gasteiger partial charge in [-0.05, 0) is 43.1 Å². The minimum absolute atomic E-state index is 0.0633. The minimum Gasteiger partial charge on any atom is -0.497 e. The fourth-order valence-electron chi connectivity index (χ4n) is 4.64. The van der Waals surface area contributed by atoms with Crippen molar-refractivity contribution in [1.82, 2.24) is 20.2 Å². The van der Waals surface area contributed by atoms with Crippen LogP contribution in [0.1, 0.15) is 17.7 Å². The van der Waals surface area contributed by atoms with E-state index in [1.54, 1.807) is 6.07 Å². The van der Waals surface area contributed by atoms with E-state index in [1.165, 1.54) is 31.1 Å². The van der Waals surface area contributed by atoms with Crippen LogP contribution < -0.4 is 15.4 Å². The molecule has 0 aliphatic carbocycles. The molecule has 0 bridgehead atoms. The summed E-state index contributed by atoms with van der Waals surface area (Å²) in [5.41, 5.74) is 1.78. The number of halogens is 3. The predicted molar refractivity (Wildman–Crippen MR) is 137 cm³/mol. The molecule has 2 aromatic heterocycles. The third kappa shape index (κ3) is 5.41. The molecule has 7 nitrogen and oxygen atoms in total. The number of hydrogen-bond acceptors (Lipinski definition) is 7. The summed E-state index contributed by atoms with van der Waals surface area (Å²) in [6.45, 7) is 2.03. The highest BCUT2D eigenvalue weighted by molar-refractivity contribution is 8.00. The lowest BCUT2D eigenvalue weighted by atomic mass is 10.0. The number of likely N-dealkylation sites (tertiary alicyclic amines) is 1. The molecule has 36 heavy (non-hydrogen) atoms. The molecule has 0 radical (unpaired) electrons. The van der Waals surface area contributed by atoms with Gasteiger partial charge in [0.1, 0.15) is 23.3 Å². The molecule has 2 atom stereocenters. The summed E-state index contributed by atoms with van der Waals surface area (Å²) in [7, 11) is 1.48. The zero-order valence-electron chi connectivity index (χ0n) is 19.7. The van der Waals surface area contributed by atoms with E-state index in [0.717, 1.165) is 22.7 Å². The highest BCUT2D eigenvalue weighted by Crippen LogP contribution is 2.31. The van der Waals surface area contributed by atoms with Crippen LogP contribution in [0.25, 0.3) is 10.9 Å². The van der Waals surface area contributed by atoms with Crippen molar-refractivity contribution >= 4 is 46.0 Å². The molecule has 1 saturated heterocycles. The number of amides is 1. The molecule has 3 aromatic rings. The molecule has 1 fully saturated rings. The Hall–Kier alpha value is -2.53. The molecule has 190 valence electrons. The number of nitrogens with one attached hydrogen (secondary N) is 2. The molecule has 0 spiro atoms. The lowest BCUT2D eigenvalue weighted by Crippen LogP contribution is -2.51. The number of carbonyl (C=O) groups excluding carboxylic acids is 1. The number of aromatic nitrogens is 2. The van der Waals surface area contributed by atoms with Crippen molar-refractivity contribution in [3.8, 4) is 5.75 Å². The summed E-state index contributed by atoms with van der Waals surface area (Å²) in [5, 5.41) is 7.13. The molecule has 4 heterocycles. The number of pyridine rings is 2. The molecule has 2 N–H and O–H groups in total. The monoisotopic (exact) mass is 533 g/mol. The first kappa shape index (κ1) is 25.1. The summed E-state index contributed by atoms with van der Waals surface area (Å²) < 4.78 is 34.7. The summed E-state index contributed by atoms with van der Waals surface area (Å²) in [4.78, 5) is 23.3. The summed E-state index contributed by atoms with van der Waals surface area (Å²) >= 11 is 7.88. The van der Waals surface area contributed by atoms with Crippen molar-refractivity contribution in [1.29, 1.82) is 0 Å². The number of carbonyl (C=O) groups is 1. The van der Waals surface area contributed by atoms with Gasteiger partial charge in [-0.2, -0.15) is 0 Å². The van der Waals surface area contributed by atoms with Crippen molar-refractivity contribution < 1.29 is 18.3 Å². The van der Waals surface area contributed by atoms with Crippen LogP contribution in [0.15, 0.2) is 35.4 Å². The normalized spacial score (nSPS) is 20.3. The second-order valence-electron chi connectivity index (χ2n) is 8.92. The molecule has 2 aliphatic rings. The van der Waals surface area contributed by atoms with Gasteiger partial charge in [0.25, 0.3) is 0 Å². The zero-order chi connectivity index (χ0) is 25.2. The quantitative estimate of drug-likeness (QED) is 0.471. The van der Waals surface area contributed by atoms with Gasteiger partial charge in [-0.1, -0.05) is 11.6 Å². The summed E-state index contributed by atoms with van der Waals surface area (Å²) in [5.74, 6) is 0.833. The molecule has 11 heteroatoms. The highest BCUT2D eigenvalue weighted by Gasteiger charge is 2.29. The van der Waals surface area contributed by atoms with Crippen molar-refractivity contribution in [3.05, 3.63) is 52.6 Å². The maximum Gasteiger partial charge on any atom is 0.235 e. The molecular formula is C25H26ClF2N5O2S. The lowest BCUT2D eigenvalue weighted by molar-refractivity contribution is -0.113. The molecule has 1 amide bonds. The Morgan fingerprint density at radius 2 is 2.22 bits per heavy atom. The van der Waals surface area contributed by atoms with E-state index in [9.17, 15) is 9.18 Å². The van der Waals surface area contributed by atoms with Crippen LogP contribution in [0, 0.1) is 5.82 Å². The maximum absolute atomic E-state index is 15.0. The molecule has 2 aliphatic heterocycles. The number of piperidine rings is 1. The van der Waals surface area contributed by atoms with Crippen molar-refractivity contribution in [2.24, 2.45) is 0 Å². The zero-order valence-corrected chi connectivity index (χ0v) is 21.3. The third-order valence-corrected chi connectivity index (χ3v) is 7.95. The minimum atomic E-state index is -1.05. The van der Waals surface area contributed by atoms with E-state index in [2.05, 4.69) is 25.5 Å². The van der Waals surface area contributed by atoms with Gasteiger partial charge in [0, 0.05) is 43.3 Å². The molecule has 1 aromatic carbocycles. The number of alkyl halides is 1. The smallest absolute Gasteiger partial charge is 0.235 e. The number of nitrogens with zero attached hydrogens (tertiary/aromatic N) is 3. The van der Waals surface area contributed by atoms with Gasteiger partial charge < -0.3 is 15.4 Å². The van der Waals surface area contributed by atoms with Gasteiger partial charge in [-0.3, -0.25) is 14.7 Å². The second kappa shape index (κ2) is 10.8. The Bertz CT molecular complexity index is 1300. The van der Waals surface area contributed by atoms with Crippen LogP contribution in [0.4, 0.5) is 14.6 Å². The van der Waals surface area contributed by atoms with Gasteiger partial charge in [0.2, 0.25) is 5.91 Å². The molecular weight excluding hydrogens is 508 g/mol. The van der Waals surface area contributed by atoms with Crippen molar-refractivity contribution in [2.45, 2.75) is 36.5 Å². The average molecular weight is 534 g/mol. The van der Waals surface area contributed by atoms with Gasteiger partial charge in [-0.15, -0.1) is 11.8 Å². The third-order valence-electron chi connectivity index (χ3n) is 6.57. The second-order valence-corrected chi connectivity index (χ2v) is 10.3. The SMILES string of the molecule is COc1cc(F)c2ncc(Cl)c(CCN3CC[C@@H](NCc4ccc5c(n4)NC(=O)CS5)[C@@H](F)C3)c2c1. The van der Waals surface area contributed by atoms with Crippen LogP contribution in [0.5, 0.6) is 5.75 Å². The summed E-state index contributed by atoms with van der Waals surface area (Å²) in [6, 6.07) is 6.59. The van der Waals surface area contributed by atoms with E-state index in [-0.39, 0.29) is 17.5 Å². The van der Waals surface area contributed by atoms with Crippen LogP contribution in [0.2, 0.25) is 5.02 Å². The van der Waals surface area contributed by atoms with E-state index < -0.39 is 12.0 Å². The number of benzene rings is 1. The fourth-order valence-corrected chi connectivity index (χ4v) is 5.65. The first-order valence-corrected chi connectivity index (χ1v) is 13.1. The highest BCUT2D eigenvalue weighted by atomic mass is 35.5. The molecule has 0 saturated carbocycles. The van der Waals surface area contributed by atoms with E-state index in [4.69, 9.17) is 16.3 Å². The lowest BCUT2D eigenvalue weighted by Gasteiger charge is -2.35. The number of ether oxygens (including phenoxy) is 1. The number of fused-ring (bicyclic) bond motifs is 2. The van der Waals surface area contributed by atoms with Gasteiger partial charge in [0.05, 0.1) is 28.5 Å². The van der Waals surface area contributed by atoms with Gasteiger partial charge in [-0.25, -0.2) is 13.8 Å². The Balaban J connectivity index is 1.18. The van der Waals surface area contributed by atoms with Gasteiger partial charge in [0.15, 0.2) is 5.82 Å². The van der Waals surface area contributed by atoms with Crippen molar-refractivity contribution in [2.75, 3.05) is 37.8 Å². The average Bonchev–Trinajstić information content (AvgIpc) is 2.87. The standard InChI is InChI=1S/C25H26ClF2N5O2S/c1-35-15-8-17-16(18(26)11-30-24(17)19(27)9-15)4-6-33-7-5-21(20(28)12-33)29-10-14-2-3-22-25(31-14)32-23(34)13-36-22/h2-3,8-9,11,20-21,29H,4-7,10,12-13H2,1H3,(H,31,32,34)/t20-,21+/m0/s1. The first-order chi connectivity index (χ1) is 17.4. The Morgan fingerprint density at radius 1 is 1.36 bits per heavy atom. The Morgan fingerprint density at radius 3 is 3.03 bits per heavy atom. The fraction of sp³-hybridized carbons (Fsp3) is 0.400. The van der Waals surface area contributed by atoms with E-state index in [0.29, 0.717) is 60.2 Å². The molecule has 5 rings (SSSR count). The predicted octanol–water partition coefficient (Wildman–Crippen LogP) is 4.22. The maximum atomic E-state index is 15.0. The van der Waals surface area contributed by atoms with E-state index >= 15 is 4.39 Å². The van der Waals surface area contributed by atoms with Crippen molar-refractivity contribution in [3.63, 3.8) is 0 Å². The Labute approximate surface area is 217 Å². The number of rotatable bonds is 7. The number of methoxy groups -OCH3 is 1. The number of anilines is 1. The topological polar surface area (TPSA) is 79.4 Å². The molecule has 0 unspecified atom stereocenters.